The van der Waals surface area contributed by atoms with Crippen LogP contribution in [0.1, 0.15) is 23.9 Å². The molecule has 7 heteroatoms. The van der Waals surface area contributed by atoms with Crippen LogP contribution in [0.2, 0.25) is 0 Å². The summed E-state index contributed by atoms with van der Waals surface area (Å²) in [5, 5.41) is 7.00. The fourth-order valence-electron chi connectivity index (χ4n) is 3.46. The maximum Gasteiger partial charge on any atom is 0.237 e. The molecule has 0 spiro atoms. The molecule has 2 heterocycles. The second-order valence-electron chi connectivity index (χ2n) is 7.31. The highest BCUT2D eigenvalue weighted by atomic mass is 16.5. The van der Waals surface area contributed by atoms with Crippen molar-refractivity contribution in [2.24, 2.45) is 0 Å². The first-order chi connectivity index (χ1) is 13.5. The topological polar surface area (TPSA) is 70.8 Å². The Balaban J connectivity index is 1.37. The molecule has 1 fully saturated rings. The Morgan fingerprint density at radius 3 is 2.57 bits per heavy atom. The highest BCUT2D eigenvalue weighted by Crippen LogP contribution is 2.13. The Morgan fingerprint density at radius 1 is 1.25 bits per heavy atom. The second kappa shape index (κ2) is 9.71. The minimum Gasteiger partial charge on any atom is -0.497 e. The van der Waals surface area contributed by atoms with E-state index >= 15 is 0 Å². The molecule has 1 atom stereocenters. The van der Waals surface area contributed by atoms with E-state index in [0.717, 1.165) is 56.3 Å². The lowest BCUT2D eigenvalue weighted by atomic mass is 10.1. The SMILES string of the molecule is COc1ccc(CCNC(=O)C(C)N2CCN(Cc3cc(C)no3)CC2)cc1. The maximum absolute atomic E-state index is 12.5. The van der Waals surface area contributed by atoms with Crippen LogP contribution in [0.15, 0.2) is 34.9 Å². The monoisotopic (exact) mass is 386 g/mol. The molecule has 0 radical (unpaired) electrons. The number of piperazine rings is 1. The Morgan fingerprint density at radius 2 is 1.96 bits per heavy atom. The predicted molar refractivity (Wildman–Crippen MR) is 107 cm³/mol. The first-order valence-corrected chi connectivity index (χ1v) is 9.84. The van der Waals surface area contributed by atoms with E-state index in [2.05, 4.69) is 20.3 Å². The first-order valence-electron chi connectivity index (χ1n) is 9.84. The number of methoxy groups -OCH3 is 1. The molecule has 1 aromatic carbocycles. The van der Waals surface area contributed by atoms with Crippen molar-refractivity contribution in [3.8, 4) is 5.75 Å². The summed E-state index contributed by atoms with van der Waals surface area (Å²) in [6.07, 6.45) is 0.812. The average molecular weight is 386 g/mol. The molecule has 0 saturated carbocycles. The fourth-order valence-corrected chi connectivity index (χ4v) is 3.46. The summed E-state index contributed by atoms with van der Waals surface area (Å²) in [5.74, 6) is 1.84. The zero-order valence-corrected chi connectivity index (χ0v) is 17.0. The number of hydrogen-bond acceptors (Lipinski definition) is 6. The molecule has 3 rings (SSSR count). The van der Waals surface area contributed by atoms with Crippen molar-refractivity contribution in [1.82, 2.24) is 20.3 Å². The molecule has 1 aromatic heterocycles. The van der Waals surface area contributed by atoms with Crippen LogP contribution in [-0.4, -0.2) is 66.7 Å². The van der Waals surface area contributed by atoms with Gasteiger partial charge in [0.25, 0.3) is 0 Å². The van der Waals surface area contributed by atoms with Gasteiger partial charge in [0.05, 0.1) is 25.4 Å². The summed E-state index contributed by atoms with van der Waals surface area (Å²) in [7, 11) is 1.66. The molecular formula is C21H30N4O3. The number of ether oxygens (including phenoxy) is 1. The minimum atomic E-state index is -0.120. The highest BCUT2D eigenvalue weighted by molar-refractivity contribution is 5.81. The number of amides is 1. The van der Waals surface area contributed by atoms with Crippen LogP contribution in [-0.2, 0) is 17.8 Å². The molecule has 0 bridgehead atoms. The highest BCUT2D eigenvalue weighted by Gasteiger charge is 2.25. The van der Waals surface area contributed by atoms with Crippen LogP contribution in [0.4, 0.5) is 0 Å². The van der Waals surface area contributed by atoms with Crippen molar-refractivity contribution in [2.45, 2.75) is 32.9 Å². The van der Waals surface area contributed by atoms with Crippen LogP contribution in [0.5, 0.6) is 5.75 Å². The van der Waals surface area contributed by atoms with Crippen molar-refractivity contribution >= 4 is 5.91 Å². The van der Waals surface area contributed by atoms with Gasteiger partial charge >= 0.3 is 0 Å². The van der Waals surface area contributed by atoms with E-state index in [1.54, 1.807) is 7.11 Å². The van der Waals surface area contributed by atoms with E-state index in [4.69, 9.17) is 9.26 Å². The third-order valence-electron chi connectivity index (χ3n) is 5.26. The Bertz CT molecular complexity index is 751. The van der Waals surface area contributed by atoms with E-state index in [1.807, 2.05) is 44.2 Å². The number of hydrogen-bond donors (Lipinski definition) is 1. The van der Waals surface area contributed by atoms with Crippen LogP contribution < -0.4 is 10.1 Å². The molecule has 1 unspecified atom stereocenters. The number of aryl methyl sites for hydroxylation is 1. The normalized spacial score (nSPS) is 16.7. The molecule has 1 N–H and O–H groups in total. The van der Waals surface area contributed by atoms with Crippen LogP contribution in [0.25, 0.3) is 0 Å². The quantitative estimate of drug-likeness (QED) is 0.747. The van der Waals surface area contributed by atoms with Crippen LogP contribution in [0.3, 0.4) is 0 Å². The third-order valence-corrected chi connectivity index (χ3v) is 5.26. The van der Waals surface area contributed by atoms with Gasteiger partial charge in [-0.3, -0.25) is 14.6 Å². The fraction of sp³-hybridized carbons (Fsp3) is 0.524. The van der Waals surface area contributed by atoms with Gasteiger partial charge in [0.1, 0.15) is 5.75 Å². The largest absolute Gasteiger partial charge is 0.497 e. The Labute approximate surface area is 166 Å². The van der Waals surface area contributed by atoms with Crippen molar-refractivity contribution in [2.75, 3.05) is 39.8 Å². The van der Waals surface area contributed by atoms with Crippen LogP contribution >= 0.6 is 0 Å². The molecule has 0 aliphatic carbocycles. The molecule has 152 valence electrons. The maximum atomic E-state index is 12.5. The molecule has 2 aromatic rings. The van der Waals surface area contributed by atoms with Gasteiger partial charge in [-0.25, -0.2) is 0 Å². The van der Waals surface area contributed by atoms with E-state index in [9.17, 15) is 4.79 Å². The summed E-state index contributed by atoms with van der Waals surface area (Å²) in [4.78, 5) is 17.1. The minimum absolute atomic E-state index is 0.0906. The predicted octanol–water partition coefficient (Wildman–Crippen LogP) is 1.86. The molecule has 1 aliphatic rings. The van der Waals surface area contributed by atoms with E-state index in [1.165, 1.54) is 5.56 Å². The van der Waals surface area contributed by atoms with Gasteiger partial charge in [-0.2, -0.15) is 0 Å². The molecular weight excluding hydrogens is 356 g/mol. The number of carbonyl (C=O) groups excluding carboxylic acids is 1. The lowest BCUT2D eigenvalue weighted by Gasteiger charge is -2.37. The van der Waals surface area contributed by atoms with Crippen molar-refractivity contribution in [3.05, 3.63) is 47.3 Å². The molecule has 28 heavy (non-hydrogen) atoms. The number of aromatic nitrogens is 1. The van der Waals surface area contributed by atoms with Crippen molar-refractivity contribution in [1.29, 1.82) is 0 Å². The van der Waals surface area contributed by atoms with Gasteiger partial charge in [-0.15, -0.1) is 0 Å². The molecule has 1 aliphatic heterocycles. The summed E-state index contributed by atoms with van der Waals surface area (Å²) >= 11 is 0. The van der Waals surface area contributed by atoms with E-state index in [-0.39, 0.29) is 11.9 Å². The van der Waals surface area contributed by atoms with E-state index in [0.29, 0.717) is 6.54 Å². The van der Waals surface area contributed by atoms with Gasteiger partial charge < -0.3 is 14.6 Å². The number of benzene rings is 1. The molecule has 1 amide bonds. The smallest absolute Gasteiger partial charge is 0.237 e. The lowest BCUT2D eigenvalue weighted by Crippen LogP contribution is -2.53. The Kier molecular flexibility index (Phi) is 7.06. The summed E-state index contributed by atoms with van der Waals surface area (Å²) in [5.41, 5.74) is 2.10. The zero-order chi connectivity index (χ0) is 19.9. The standard InChI is InChI=1S/C21H30N4O3/c1-16-14-20(28-23-16)15-24-10-12-25(13-11-24)17(2)21(26)22-9-8-18-4-6-19(27-3)7-5-18/h4-7,14,17H,8-13,15H2,1-3H3,(H,22,26). The van der Waals surface area contributed by atoms with Gasteiger partial charge in [-0.05, 0) is 38.0 Å². The van der Waals surface area contributed by atoms with Gasteiger partial charge in [0.2, 0.25) is 5.91 Å². The number of nitrogens with zero attached hydrogens (tertiary/aromatic N) is 3. The number of rotatable bonds is 8. The lowest BCUT2D eigenvalue weighted by molar-refractivity contribution is -0.126. The van der Waals surface area contributed by atoms with Gasteiger partial charge in [0, 0.05) is 38.8 Å². The van der Waals surface area contributed by atoms with E-state index < -0.39 is 0 Å². The second-order valence-corrected chi connectivity index (χ2v) is 7.31. The third kappa shape index (κ3) is 5.56. The number of nitrogens with one attached hydrogen (secondary N) is 1. The average Bonchev–Trinajstić information content (AvgIpc) is 3.13. The first kappa shape index (κ1) is 20.4. The molecule has 7 nitrogen and oxygen atoms in total. The van der Waals surface area contributed by atoms with Crippen LogP contribution in [0, 0.1) is 6.92 Å². The summed E-state index contributed by atoms with van der Waals surface area (Å²) in [6, 6.07) is 9.81. The van der Waals surface area contributed by atoms with Gasteiger partial charge in [0.15, 0.2) is 5.76 Å². The molecule has 1 saturated heterocycles. The summed E-state index contributed by atoms with van der Waals surface area (Å²) < 4.78 is 10.5. The van der Waals surface area contributed by atoms with Crippen molar-refractivity contribution < 1.29 is 14.1 Å². The summed E-state index contributed by atoms with van der Waals surface area (Å²) in [6.45, 7) is 8.92. The van der Waals surface area contributed by atoms with Gasteiger partial charge in [-0.1, -0.05) is 17.3 Å². The zero-order valence-electron chi connectivity index (χ0n) is 17.0. The number of carbonyl (C=O) groups is 1. The Hall–Kier alpha value is -2.38. The van der Waals surface area contributed by atoms with Crippen molar-refractivity contribution in [3.63, 3.8) is 0 Å².